The summed E-state index contributed by atoms with van der Waals surface area (Å²) in [6.07, 6.45) is 3.03. The lowest BCUT2D eigenvalue weighted by Gasteiger charge is -2.23. The normalized spacial score (nSPS) is 12.7. The van der Waals surface area contributed by atoms with E-state index in [1.54, 1.807) is 38.1 Å². The van der Waals surface area contributed by atoms with Crippen LogP contribution in [0.2, 0.25) is 0 Å². The van der Waals surface area contributed by atoms with Gasteiger partial charge in [0, 0.05) is 11.1 Å². The van der Waals surface area contributed by atoms with Gasteiger partial charge in [-0.05, 0) is 72.2 Å². The Balaban J connectivity index is 2.96. The lowest BCUT2D eigenvalue weighted by Crippen LogP contribution is -2.17. The third-order valence-corrected chi connectivity index (χ3v) is 6.15. The highest BCUT2D eigenvalue weighted by Crippen LogP contribution is 2.41. The van der Waals surface area contributed by atoms with E-state index >= 15 is 0 Å². The molecule has 40 heavy (non-hydrogen) atoms. The third kappa shape index (κ3) is 7.58. The topological polar surface area (TPSA) is 112 Å². The first-order chi connectivity index (χ1) is 18.6. The maximum Gasteiger partial charge on any atom is 0.339 e. The molecule has 0 spiro atoms. The maximum absolute atomic E-state index is 13.3. The number of methoxy groups -OCH3 is 2. The average molecular weight is 555 g/mol. The summed E-state index contributed by atoms with van der Waals surface area (Å²) in [6.45, 7) is 15.2. The van der Waals surface area contributed by atoms with Gasteiger partial charge in [-0.1, -0.05) is 41.5 Å². The van der Waals surface area contributed by atoms with E-state index in [9.17, 15) is 19.8 Å². The van der Waals surface area contributed by atoms with Crippen molar-refractivity contribution in [1.82, 2.24) is 0 Å². The monoisotopic (exact) mass is 554 g/mol. The predicted molar refractivity (Wildman–Crippen MR) is 156 cm³/mol. The van der Waals surface area contributed by atoms with Crippen LogP contribution in [-0.4, -0.2) is 49.6 Å². The molecule has 0 radical (unpaired) electrons. The zero-order valence-corrected chi connectivity index (χ0v) is 25.2. The molecular weight excluding hydrogens is 512 g/mol. The molecule has 0 saturated heterocycles. The molecule has 0 bridgehead atoms. The Morgan fingerprint density at radius 3 is 1.25 bits per heavy atom. The number of carbonyl (C=O) groups excluding carboxylic acids is 2. The Labute approximate surface area is 237 Å². The number of aromatic hydroxyl groups is 2. The van der Waals surface area contributed by atoms with Crippen LogP contribution < -0.4 is 9.47 Å². The van der Waals surface area contributed by atoms with E-state index in [-0.39, 0.29) is 47.4 Å². The van der Waals surface area contributed by atoms with Crippen LogP contribution in [0.3, 0.4) is 0 Å². The van der Waals surface area contributed by atoms with E-state index in [1.807, 2.05) is 41.5 Å². The first kappa shape index (κ1) is 32.3. The molecular formula is C32H42O8. The molecule has 0 saturated carbocycles. The highest BCUT2D eigenvalue weighted by atomic mass is 16.5. The maximum atomic E-state index is 13.3. The van der Waals surface area contributed by atoms with Gasteiger partial charge in [0.05, 0.1) is 38.6 Å². The number of esters is 2. The van der Waals surface area contributed by atoms with Crippen molar-refractivity contribution in [1.29, 1.82) is 0 Å². The number of rotatable bonds is 9. The highest BCUT2D eigenvalue weighted by Gasteiger charge is 2.27. The third-order valence-electron chi connectivity index (χ3n) is 6.15. The van der Waals surface area contributed by atoms with Gasteiger partial charge in [-0.2, -0.15) is 0 Å². The van der Waals surface area contributed by atoms with Crippen molar-refractivity contribution in [3.63, 3.8) is 0 Å². The Morgan fingerprint density at radius 1 is 0.675 bits per heavy atom. The van der Waals surface area contributed by atoms with Gasteiger partial charge in [0.25, 0.3) is 0 Å². The number of hydrogen-bond donors (Lipinski definition) is 2. The number of ether oxygens (including phenoxy) is 4. The zero-order chi connectivity index (χ0) is 30.4. The second kappa shape index (κ2) is 12.9. The molecule has 0 heterocycles. The second-order valence-corrected chi connectivity index (χ2v) is 11.3. The molecule has 0 fully saturated rings. The van der Waals surface area contributed by atoms with E-state index in [0.29, 0.717) is 22.3 Å². The number of carbonyl (C=O) groups is 2. The van der Waals surface area contributed by atoms with Crippen LogP contribution in [0.15, 0.2) is 35.4 Å². The van der Waals surface area contributed by atoms with Crippen LogP contribution in [0.4, 0.5) is 0 Å². The van der Waals surface area contributed by atoms with Crippen molar-refractivity contribution in [2.45, 2.75) is 66.2 Å². The van der Waals surface area contributed by atoms with Crippen LogP contribution in [0.5, 0.6) is 23.0 Å². The molecule has 218 valence electrons. The fourth-order valence-corrected chi connectivity index (χ4v) is 4.12. The van der Waals surface area contributed by atoms with Gasteiger partial charge >= 0.3 is 11.9 Å². The highest BCUT2D eigenvalue weighted by molar-refractivity contribution is 6.12. The number of hydrogen-bond acceptors (Lipinski definition) is 8. The minimum atomic E-state index is -0.729. The van der Waals surface area contributed by atoms with E-state index < -0.39 is 22.8 Å². The minimum Gasteiger partial charge on any atom is -0.504 e. The van der Waals surface area contributed by atoms with Crippen molar-refractivity contribution in [2.24, 2.45) is 0 Å². The molecule has 0 amide bonds. The predicted octanol–water partition coefficient (Wildman–Crippen LogP) is 6.30. The summed E-state index contributed by atoms with van der Waals surface area (Å²) in [7, 11) is 2.88. The Kier molecular flexibility index (Phi) is 10.4. The summed E-state index contributed by atoms with van der Waals surface area (Å²) in [5, 5.41) is 21.5. The lowest BCUT2D eigenvalue weighted by molar-refractivity contribution is -0.141. The molecule has 0 aliphatic rings. The van der Waals surface area contributed by atoms with Crippen molar-refractivity contribution in [2.75, 3.05) is 27.4 Å². The molecule has 2 N–H and O–H groups in total. The van der Waals surface area contributed by atoms with Crippen molar-refractivity contribution in [3.05, 3.63) is 57.7 Å². The molecule has 0 aromatic heterocycles. The summed E-state index contributed by atoms with van der Waals surface area (Å²) >= 11 is 0. The molecule has 2 rings (SSSR count). The fraction of sp³-hybridized carbons (Fsp3) is 0.438. The average Bonchev–Trinajstić information content (AvgIpc) is 2.86. The SMILES string of the molecule is CCOC(=O)C(=Cc1cc(OC)c(O)c(C(C)(C)C)c1)/C(=C\c1cc(OC)c(O)c(C(C)(C)C)c1)C(=O)OCC. The molecule has 0 aliphatic heterocycles. The minimum absolute atomic E-state index is 0.00288. The first-order valence-corrected chi connectivity index (χ1v) is 13.2. The summed E-state index contributed by atoms with van der Waals surface area (Å²) < 4.78 is 21.5. The van der Waals surface area contributed by atoms with E-state index in [0.717, 1.165) is 0 Å². The quantitative estimate of drug-likeness (QED) is 0.211. The van der Waals surface area contributed by atoms with E-state index in [1.165, 1.54) is 26.4 Å². The van der Waals surface area contributed by atoms with Crippen molar-refractivity contribution >= 4 is 24.1 Å². The van der Waals surface area contributed by atoms with Crippen molar-refractivity contribution in [3.8, 4) is 23.0 Å². The number of phenols is 2. The van der Waals surface area contributed by atoms with Gasteiger partial charge in [-0.25, -0.2) is 9.59 Å². The molecule has 8 nitrogen and oxygen atoms in total. The van der Waals surface area contributed by atoms with Gasteiger partial charge < -0.3 is 29.2 Å². The Hall–Kier alpha value is -3.94. The summed E-state index contributed by atoms with van der Waals surface area (Å²) in [4.78, 5) is 26.6. The first-order valence-electron chi connectivity index (χ1n) is 13.2. The number of phenolic OH excluding ortho intramolecular Hbond substituents is 2. The molecule has 0 atom stereocenters. The van der Waals surface area contributed by atoms with Gasteiger partial charge in [-0.3, -0.25) is 0 Å². The van der Waals surface area contributed by atoms with Crippen LogP contribution in [-0.2, 0) is 29.9 Å². The fourth-order valence-electron chi connectivity index (χ4n) is 4.12. The van der Waals surface area contributed by atoms with Gasteiger partial charge in [0.15, 0.2) is 23.0 Å². The van der Waals surface area contributed by atoms with Crippen LogP contribution in [0.1, 0.15) is 77.6 Å². The van der Waals surface area contributed by atoms with E-state index in [2.05, 4.69) is 0 Å². The lowest BCUT2D eigenvalue weighted by atomic mass is 9.84. The van der Waals surface area contributed by atoms with Crippen LogP contribution >= 0.6 is 0 Å². The van der Waals surface area contributed by atoms with Crippen LogP contribution in [0, 0.1) is 0 Å². The van der Waals surface area contributed by atoms with E-state index in [4.69, 9.17) is 18.9 Å². The Morgan fingerprint density at radius 2 is 1.00 bits per heavy atom. The standard InChI is InChI=1S/C32H42O8/c1-11-39-29(35)21(13-19-15-23(31(3,4)5)27(33)25(17-19)37-9)22(30(36)40-12-2)14-20-16-24(32(6,7)8)28(34)26(18-20)38-10/h13-18,33-34H,11-12H2,1-10H3/b21-13+,22-14?. The molecule has 2 aromatic rings. The second-order valence-electron chi connectivity index (χ2n) is 11.3. The molecule has 0 unspecified atom stereocenters. The largest absolute Gasteiger partial charge is 0.504 e. The van der Waals surface area contributed by atoms with Crippen LogP contribution in [0.25, 0.3) is 12.2 Å². The van der Waals surface area contributed by atoms with Gasteiger partial charge in [0.1, 0.15) is 0 Å². The molecule has 2 aromatic carbocycles. The summed E-state index contributed by atoms with van der Waals surface area (Å²) in [6, 6.07) is 6.63. The van der Waals surface area contributed by atoms with Crippen molar-refractivity contribution < 1.29 is 38.7 Å². The molecule has 0 aliphatic carbocycles. The summed E-state index contributed by atoms with van der Waals surface area (Å²) in [5.41, 5.74) is 1.23. The van der Waals surface area contributed by atoms with Gasteiger partial charge in [0.2, 0.25) is 0 Å². The Bertz CT molecular complexity index is 1200. The summed E-state index contributed by atoms with van der Waals surface area (Å²) in [5.74, 6) is -1.02. The van der Waals surface area contributed by atoms with Gasteiger partial charge in [-0.15, -0.1) is 0 Å². The smallest absolute Gasteiger partial charge is 0.339 e. The molecule has 8 heteroatoms. The zero-order valence-electron chi connectivity index (χ0n) is 25.2. The number of benzene rings is 2.